The van der Waals surface area contributed by atoms with Gasteiger partial charge in [-0.15, -0.1) is 11.8 Å². The van der Waals surface area contributed by atoms with Crippen molar-refractivity contribution >= 4 is 23.3 Å². The fourth-order valence-corrected chi connectivity index (χ4v) is 2.64. The average molecular weight is 248 g/mol. The van der Waals surface area contributed by atoms with Crippen molar-refractivity contribution < 1.29 is 9.53 Å². The van der Waals surface area contributed by atoms with Crippen molar-refractivity contribution in [3.8, 4) is 0 Å². The minimum atomic E-state index is -0.526. The van der Waals surface area contributed by atoms with Crippen molar-refractivity contribution in [2.75, 3.05) is 6.26 Å². The highest BCUT2D eigenvalue weighted by Crippen LogP contribution is 2.39. The van der Waals surface area contributed by atoms with Gasteiger partial charge in [0.25, 0.3) is 0 Å². The van der Waals surface area contributed by atoms with E-state index in [1.54, 1.807) is 11.8 Å². The molecule has 0 bridgehead atoms. The Kier molecular flexibility index (Phi) is 3.04. The second kappa shape index (κ2) is 4.22. The zero-order valence-corrected chi connectivity index (χ0v) is 11.4. The van der Waals surface area contributed by atoms with Crippen LogP contribution in [-0.4, -0.2) is 17.8 Å². The van der Waals surface area contributed by atoms with E-state index in [2.05, 4.69) is 12.1 Å². The van der Waals surface area contributed by atoms with Crippen molar-refractivity contribution in [2.45, 2.75) is 31.3 Å². The van der Waals surface area contributed by atoms with Crippen LogP contribution in [0.4, 0.5) is 0 Å². The molecule has 0 radical (unpaired) electrons. The van der Waals surface area contributed by atoms with Gasteiger partial charge in [0.1, 0.15) is 5.60 Å². The number of carbonyl (C=O) groups excluding carboxylic acids is 1. The number of esters is 1. The summed E-state index contributed by atoms with van der Waals surface area (Å²) >= 11 is 1.71. The van der Waals surface area contributed by atoms with Crippen LogP contribution in [0.5, 0.6) is 0 Å². The highest BCUT2D eigenvalue weighted by Gasteiger charge is 2.38. The molecular formula is C14H16O2S. The van der Waals surface area contributed by atoms with Crippen LogP contribution in [0.25, 0.3) is 5.57 Å². The first-order chi connectivity index (χ1) is 7.95. The quantitative estimate of drug-likeness (QED) is 0.591. The van der Waals surface area contributed by atoms with Crippen LogP contribution < -0.4 is 0 Å². The number of benzene rings is 1. The molecule has 2 rings (SSSR count). The standard InChI is InChI=1S/C14H16O2S/c1-9-12(14(2,3)16-13(9)15)10-5-7-11(17-4)8-6-10/h5-8H,1-4H3. The molecule has 1 aliphatic heterocycles. The van der Waals surface area contributed by atoms with E-state index in [0.29, 0.717) is 5.57 Å². The van der Waals surface area contributed by atoms with E-state index in [-0.39, 0.29) is 5.97 Å². The molecule has 0 aromatic heterocycles. The third kappa shape index (κ3) is 2.12. The smallest absolute Gasteiger partial charge is 0.335 e. The average Bonchev–Trinajstić information content (AvgIpc) is 2.48. The predicted octanol–water partition coefficient (Wildman–Crippen LogP) is 3.52. The van der Waals surface area contributed by atoms with Gasteiger partial charge in [-0.2, -0.15) is 0 Å². The molecule has 90 valence electrons. The Labute approximate surface area is 106 Å². The maximum absolute atomic E-state index is 11.6. The molecule has 3 heteroatoms. The first-order valence-corrected chi connectivity index (χ1v) is 6.77. The number of carbonyl (C=O) groups is 1. The van der Waals surface area contributed by atoms with Crippen molar-refractivity contribution in [1.29, 1.82) is 0 Å². The molecule has 0 fully saturated rings. The summed E-state index contributed by atoms with van der Waals surface area (Å²) in [7, 11) is 0. The molecule has 0 saturated carbocycles. The molecule has 0 spiro atoms. The van der Waals surface area contributed by atoms with Crippen molar-refractivity contribution in [3.63, 3.8) is 0 Å². The zero-order chi connectivity index (χ0) is 12.6. The highest BCUT2D eigenvalue weighted by molar-refractivity contribution is 7.98. The van der Waals surface area contributed by atoms with Gasteiger partial charge in [0.05, 0.1) is 0 Å². The Morgan fingerprint density at radius 3 is 2.18 bits per heavy atom. The first-order valence-electron chi connectivity index (χ1n) is 5.55. The van der Waals surface area contributed by atoms with E-state index in [1.807, 2.05) is 39.2 Å². The normalized spacial score (nSPS) is 18.5. The monoisotopic (exact) mass is 248 g/mol. The summed E-state index contributed by atoms with van der Waals surface area (Å²) in [5.41, 5.74) is 2.25. The van der Waals surface area contributed by atoms with Gasteiger partial charge in [0.2, 0.25) is 0 Å². The van der Waals surface area contributed by atoms with Crippen LogP contribution in [0.1, 0.15) is 26.3 Å². The highest BCUT2D eigenvalue weighted by atomic mass is 32.2. The molecule has 1 heterocycles. The van der Waals surface area contributed by atoms with Crippen molar-refractivity contribution in [2.24, 2.45) is 0 Å². The van der Waals surface area contributed by atoms with Crippen LogP contribution >= 0.6 is 11.8 Å². The van der Waals surface area contributed by atoms with E-state index in [0.717, 1.165) is 11.1 Å². The molecule has 0 aliphatic carbocycles. The lowest BCUT2D eigenvalue weighted by molar-refractivity contribution is -0.143. The zero-order valence-electron chi connectivity index (χ0n) is 10.5. The van der Waals surface area contributed by atoms with Crippen molar-refractivity contribution in [1.82, 2.24) is 0 Å². The van der Waals surface area contributed by atoms with Crippen LogP contribution in [-0.2, 0) is 9.53 Å². The Morgan fingerprint density at radius 2 is 1.76 bits per heavy atom. The Morgan fingerprint density at radius 1 is 1.18 bits per heavy atom. The minimum absolute atomic E-state index is 0.209. The summed E-state index contributed by atoms with van der Waals surface area (Å²) in [6.07, 6.45) is 2.05. The summed E-state index contributed by atoms with van der Waals surface area (Å²) in [6, 6.07) is 8.24. The summed E-state index contributed by atoms with van der Waals surface area (Å²) in [5, 5.41) is 0. The number of hydrogen-bond donors (Lipinski definition) is 0. The molecular weight excluding hydrogens is 232 g/mol. The fraction of sp³-hybridized carbons (Fsp3) is 0.357. The Hall–Kier alpha value is -1.22. The van der Waals surface area contributed by atoms with Gasteiger partial charge >= 0.3 is 5.97 Å². The SMILES string of the molecule is CSc1ccc(C2=C(C)C(=O)OC2(C)C)cc1. The maximum Gasteiger partial charge on any atom is 0.335 e. The van der Waals surface area contributed by atoms with Crippen molar-refractivity contribution in [3.05, 3.63) is 35.4 Å². The minimum Gasteiger partial charge on any atom is -0.451 e. The molecule has 0 unspecified atom stereocenters. The fourth-order valence-electron chi connectivity index (χ4n) is 2.23. The lowest BCUT2D eigenvalue weighted by atomic mass is 9.90. The van der Waals surface area contributed by atoms with Crippen LogP contribution in [0, 0.1) is 0 Å². The lowest BCUT2D eigenvalue weighted by Gasteiger charge is -2.21. The Bertz CT molecular complexity index is 483. The van der Waals surface area contributed by atoms with Gasteiger partial charge in [-0.3, -0.25) is 0 Å². The van der Waals surface area contributed by atoms with Crippen LogP contribution in [0.3, 0.4) is 0 Å². The molecule has 0 atom stereocenters. The van der Waals surface area contributed by atoms with E-state index >= 15 is 0 Å². The number of ether oxygens (including phenoxy) is 1. The molecule has 1 aromatic rings. The largest absolute Gasteiger partial charge is 0.451 e. The van der Waals surface area contributed by atoms with E-state index in [4.69, 9.17) is 4.74 Å². The van der Waals surface area contributed by atoms with Gasteiger partial charge < -0.3 is 4.74 Å². The second-order valence-corrected chi connectivity index (χ2v) is 5.51. The molecule has 2 nitrogen and oxygen atoms in total. The Balaban J connectivity index is 2.48. The lowest BCUT2D eigenvalue weighted by Crippen LogP contribution is -2.22. The number of cyclic esters (lactones) is 1. The van der Waals surface area contributed by atoms with Gasteiger partial charge in [-0.05, 0) is 44.7 Å². The second-order valence-electron chi connectivity index (χ2n) is 4.63. The van der Waals surface area contributed by atoms with E-state index in [9.17, 15) is 4.79 Å². The molecule has 0 amide bonds. The molecule has 1 aromatic carbocycles. The summed E-state index contributed by atoms with van der Waals surface area (Å²) < 4.78 is 5.37. The van der Waals surface area contributed by atoms with E-state index < -0.39 is 5.60 Å². The number of rotatable bonds is 2. The third-order valence-corrected chi connectivity index (χ3v) is 3.75. The van der Waals surface area contributed by atoms with E-state index in [1.165, 1.54) is 4.90 Å². The van der Waals surface area contributed by atoms with Gasteiger partial charge in [-0.1, -0.05) is 12.1 Å². The first kappa shape index (κ1) is 12.2. The maximum atomic E-state index is 11.6. The van der Waals surface area contributed by atoms with Crippen LogP contribution in [0.15, 0.2) is 34.7 Å². The summed E-state index contributed by atoms with van der Waals surface area (Å²) in [4.78, 5) is 12.8. The number of hydrogen-bond acceptors (Lipinski definition) is 3. The third-order valence-electron chi connectivity index (χ3n) is 3.01. The number of thioether (sulfide) groups is 1. The van der Waals surface area contributed by atoms with Gasteiger partial charge in [0, 0.05) is 16.0 Å². The molecule has 0 saturated heterocycles. The molecule has 1 aliphatic rings. The van der Waals surface area contributed by atoms with Gasteiger partial charge in [0.15, 0.2) is 0 Å². The topological polar surface area (TPSA) is 26.3 Å². The van der Waals surface area contributed by atoms with Crippen LogP contribution in [0.2, 0.25) is 0 Å². The summed E-state index contributed by atoms with van der Waals surface area (Å²) in [5.74, 6) is -0.209. The molecule has 17 heavy (non-hydrogen) atoms. The predicted molar refractivity (Wildman–Crippen MR) is 71.0 cm³/mol. The molecule has 0 N–H and O–H groups in total. The summed E-state index contributed by atoms with van der Waals surface area (Å²) in [6.45, 7) is 5.69. The van der Waals surface area contributed by atoms with Gasteiger partial charge in [-0.25, -0.2) is 4.79 Å².